The van der Waals surface area contributed by atoms with E-state index in [4.69, 9.17) is 9.26 Å². The van der Waals surface area contributed by atoms with E-state index in [1.165, 1.54) is 24.7 Å². The van der Waals surface area contributed by atoms with E-state index in [9.17, 15) is 14.4 Å². The van der Waals surface area contributed by atoms with Gasteiger partial charge in [0.1, 0.15) is 11.1 Å². The minimum absolute atomic E-state index is 0.128. The van der Waals surface area contributed by atoms with Crippen LogP contribution in [0, 0.1) is 0 Å². The third-order valence-corrected chi connectivity index (χ3v) is 7.28. The van der Waals surface area contributed by atoms with E-state index in [1.54, 1.807) is 12.1 Å². The number of rotatable bonds is 8. The molecule has 9 nitrogen and oxygen atoms in total. The summed E-state index contributed by atoms with van der Waals surface area (Å²) in [7, 11) is 1.32. The van der Waals surface area contributed by atoms with Gasteiger partial charge in [0, 0.05) is 10.9 Å². The topological polar surface area (TPSA) is 111 Å². The van der Waals surface area contributed by atoms with Crippen LogP contribution in [0.1, 0.15) is 35.4 Å². The number of quaternary nitrogens is 1. The van der Waals surface area contributed by atoms with Crippen molar-refractivity contribution in [2.45, 2.75) is 25.7 Å². The summed E-state index contributed by atoms with van der Waals surface area (Å²) in [6.45, 7) is 1.73. The average molecular weight is 498 g/mol. The lowest BCUT2D eigenvalue weighted by atomic mass is 10.2. The highest BCUT2D eigenvalue weighted by Crippen LogP contribution is 2.35. The predicted octanol–water partition coefficient (Wildman–Crippen LogP) is 4.16. The van der Waals surface area contributed by atoms with Crippen molar-refractivity contribution in [2.75, 3.05) is 43.9 Å². The van der Waals surface area contributed by atoms with Gasteiger partial charge < -0.3 is 24.4 Å². The summed E-state index contributed by atoms with van der Waals surface area (Å²) in [6.07, 6.45) is 5.42. The van der Waals surface area contributed by atoms with Crippen LogP contribution in [-0.2, 0) is 14.3 Å². The lowest BCUT2D eigenvalue weighted by Gasteiger charge is -2.36. The van der Waals surface area contributed by atoms with Gasteiger partial charge in [-0.25, -0.2) is 4.79 Å². The van der Waals surface area contributed by atoms with E-state index in [0.29, 0.717) is 20.9 Å². The molecule has 0 atom stereocenters. The van der Waals surface area contributed by atoms with Gasteiger partial charge in [0.05, 0.1) is 25.9 Å². The molecule has 35 heavy (non-hydrogen) atoms. The normalized spacial score (nSPS) is 15.1. The molecular weight excluding hydrogens is 468 g/mol. The Morgan fingerprint density at radius 3 is 2.31 bits per heavy atom. The van der Waals surface area contributed by atoms with E-state index in [2.05, 4.69) is 15.8 Å². The molecule has 0 bridgehead atoms. The fourth-order valence-electron chi connectivity index (χ4n) is 4.46. The Balaban J connectivity index is 1.52. The van der Waals surface area contributed by atoms with E-state index in [1.807, 2.05) is 30.3 Å². The van der Waals surface area contributed by atoms with Gasteiger partial charge in [-0.15, -0.1) is 11.3 Å². The Bertz CT molecular complexity index is 1150. The second kappa shape index (κ2) is 11.3. The Morgan fingerprint density at radius 2 is 1.69 bits per heavy atom. The first-order valence-electron chi connectivity index (χ1n) is 11.6. The summed E-state index contributed by atoms with van der Waals surface area (Å²) < 4.78 is 10.1. The van der Waals surface area contributed by atoms with E-state index in [-0.39, 0.29) is 24.9 Å². The molecule has 1 aliphatic heterocycles. The van der Waals surface area contributed by atoms with Crippen LogP contribution in [0.3, 0.4) is 0 Å². The molecule has 2 N–H and O–H groups in total. The number of carbonyl (C=O) groups is 3. The number of benzene rings is 1. The quantitative estimate of drug-likeness (QED) is 0.357. The number of likely N-dealkylation sites (tertiary alicyclic amines) is 1. The van der Waals surface area contributed by atoms with Gasteiger partial charge >= 0.3 is 5.97 Å². The Hall–Kier alpha value is -3.50. The number of anilines is 2. The summed E-state index contributed by atoms with van der Waals surface area (Å²) in [6, 6.07) is 13.0. The maximum absolute atomic E-state index is 13.3. The highest BCUT2D eigenvalue weighted by atomic mass is 32.1. The zero-order valence-corrected chi connectivity index (χ0v) is 20.4. The molecule has 3 heterocycles. The Morgan fingerprint density at radius 1 is 1.00 bits per heavy atom. The van der Waals surface area contributed by atoms with Crippen LogP contribution in [-0.4, -0.2) is 60.7 Å². The first-order valence-corrected chi connectivity index (χ1v) is 12.4. The highest BCUT2D eigenvalue weighted by molar-refractivity contribution is 7.18. The summed E-state index contributed by atoms with van der Waals surface area (Å²) in [5, 5.41) is 9.40. The van der Waals surface area contributed by atoms with E-state index < -0.39 is 5.97 Å². The van der Waals surface area contributed by atoms with Gasteiger partial charge in [-0.1, -0.05) is 35.5 Å². The number of esters is 1. The Labute approximate surface area is 207 Å². The average Bonchev–Trinajstić information content (AvgIpc) is 3.45. The number of methoxy groups -OCH3 is 1. The van der Waals surface area contributed by atoms with Crippen molar-refractivity contribution in [1.82, 2.24) is 5.16 Å². The van der Waals surface area contributed by atoms with Crippen molar-refractivity contribution in [1.29, 1.82) is 0 Å². The standard InChI is InChI=1S/C25H28N4O5S/c1-33-25(32)24-19(15-20(35-24)18-9-5-4-6-10-18)26-22(30)16-29(12-7-2-3-8-13-29)17-23(31)27-21-11-14-34-28-21/h4-6,9-11,14-15H,2-3,7-8,12-13,16-17H2,1H3,(H-,26,27,28,30,31,32)/p+1. The second-order valence-corrected chi connectivity index (χ2v) is 9.76. The molecule has 4 rings (SSSR count). The minimum Gasteiger partial charge on any atom is -0.465 e. The second-order valence-electron chi connectivity index (χ2n) is 8.71. The summed E-state index contributed by atoms with van der Waals surface area (Å²) in [5.74, 6) is -0.616. The molecule has 1 aliphatic rings. The summed E-state index contributed by atoms with van der Waals surface area (Å²) in [5.41, 5.74) is 1.37. The number of hydrogen-bond acceptors (Lipinski definition) is 7. The zero-order valence-electron chi connectivity index (χ0n) is 19.6. The Kier molecular flexibility index (Phi) is 7.94. The molecule has 0 spiro atoms. The summed E-state index contributed by atoms with van der Waals surface area (Å²) >= 11 is 1.27. The van der Waals surface area contributed by atoms with Gasteiger partial charge in [-0.3, -0.25) is 9.59 Å². The minimum atomic E-state index is -0.502. The van der Waals surface area contributed by atoms with Crippen LogP contribution in [0.2, 0.25) is 0 Å². The van der Waals surface area contributed by atoms with Crippen molar-refractivity contribution in [3.63, 3.8) is 0 Å². The van der Waals surface area contributed by atoms with E-state index >= 15 is 0 Å². The molecule has 0 aliphatic carbocycles. The maximum atomic E-state index is 13.3. The van der Waals surface area contributed by atoms with Gasteiger partial charge in [0.15, 0.2) is 18.9 Å². The fraction of sp³-hybridized carbons (Fsp3) is 0.360. The number of ether oxygens (including phenoxy) is 1. The first kappa shape index (κ1) is 24.6. The van der Waals surface area contributed by atoms with Gasteiger partial charge in [0.2, 0.25) is 0 Å². The molecule has 1 fully saturated rings. The van der Waals surface area contributed by atoms with Gasteiger partial charge in [-0.05, 0) is 37.3 Å². The monoisotopic (exact) mass is 497 g/mol. The molecule has 184 valence electrons. The van der Waals surface area contributed by atoms with Crippen LogP contribution >= 0.6 is 11.3 Å². The third kappa shape index (κ3) is 6.34. The molecule has 2 amide bonds. The number of nitrogens with one attached hydrogen (secondary N) is 2. The van der Waals surface area contributed by atoms with Crippen molar-refractivity contribution in [2.24, 2.45) is 0 Å². The SMILES string of the molecule is COC(=O)c1sc(-c2ccccc2)cc1NC(=O)C[N+]1(CC(=O)Nc2ccon2)CCCCCC1. The molecule has 2 aromatic heterocycles. The smallest absolute Gasteiger partial charge is 0.350 e. The van der Waals surface area contributed by atoms with Crippen LogP contribution in [0.15, 0.2) is 53.3 Å². The van der Waals surface area contributed by atoms with Crippen LogP contribution in [0.25, 0.3) is 10.4 Å². The fourth-order valence-corrected chi connectivity index (χ4v) is 5.50. The van der Waals surface area contributed by atoms with Gasteiger partial charge in [-0.2, -0.15) is 0 Å². The molecule has 3 aromatic rings. The number of nitrogens with zero attached hydrogens (tertiary/aromatic N) is 2. The number of hydrogen-bond donors (Lipinski definition) is 2. The number of aromatic nitrogens is 1. The lowest BCUT2D eigenvalue weighted by Crippen LogP contribution is -2.56. The molecule has 0 radical (unpaired) electrons. The van der Waals surface area contributed by atoms with Crippen molar-refractivity contribution in [3.8, 4) is 10.4 Å². The van der Waals surface area contributed by atoms with Crippen molar-refractivity contribution < 1.29 is 28.1 Å². The van der Waals surface area contributed by atoms with Crippen molar-refractivity contribution in [3.05, 3.63) is 53.6 Å². The lowest BCUT2D eigenvalue weighted by molar-refractivity contribution is -0.912. The molecule has 1 saturated heterocycles. The van der Waals surface area contributed by atoms with Crippen molar-refractivity contribution >= 4 is 40.6 Å². The number of thiophene rings is 1. The van der Waals surface area contributed by atoms with Gasteiger partial charge in [0.25, 0.3) is 11.8 Å². The maximum Gasteiger partial charge on any atom is 0.350 e. The highest BCUT2D eigenvalue weighted by Gasteiger charge is 2.34. The third-order valence-electron chi connectivity index (χ3n) is 6.11. The van der Waals surface area contributed by atoms with Crippen LogP contribution in [0.5, 0.6) is 0 Å². The predicted molar refractivity (Wildman–Crippen MR) is 133 cm³/mol. The molecule has 0 saturated carbocycles. The number of carbonyl (C=O) groups excluding carboxylic acids is 3. The summed E-state index contributed by atoms with van der Waals surface area (Å²) in [4.78, 5) is 39.7. The van der Waals surface area contributed by atoms with Crippen LogP contribution in [0.4, 0.5) is 11.5 Å². The number of amides is 2. The van der Waals surface area contributed by atoms with Crippen LogP contribution < -0.4 is 10.6 Å². The van der Waals surface area contributed by atoms with E-state index in [0.717, 1.165) is 49.2 Å². The molecular formula is C25H29N4O5S+. The zero-order chi connectivity index (χ0) is 24.7. The first-order chi connectivity index (χ1) is 17.0. The molecule has 1 aromatic carbocycles. The molecule has 0 unspecified atom stereocenters. The molecule has 10 heteroatoms. The largest absolute Gasteiger partial charge is 0.465 e.